The Morgan fingerprint density at radius 2 is 2.20 bits per heavy atom. The zero-order valence-corrected chi connectivity index (χ0v) is 12.3. The minimum absolute atomic E-state index is 0.0189. The molecule has 0 radical (unpaired) electrons. The van der Waals surface area contributed by atoms with Crippen LogP contribution in [0.4, 0.5) is 5.69 Å². The number of hydrogen-bond donors (Lipinski definition) is 2. The van der Waals surface area contributed by atoms with Crippen molar-refractivity contribution < 1.29 is 9.90 Å². The molecule has 1 aromatic rings. The van der Waals surface area contributed by atoms with Crippen LogP contribution in [0.2, 0.25) is 0 Å². The highest BCUT2D eigenvalue weighted by Gasteiger charge is 2.32. The number of hydrogen-bond acceptors (Lipinski definition) is 3. The summed E-state index contributed by atoms with van der Waals surface area (Å²) in [6.45, 7) is 5.45. The van der Waals surface area contributed by atoms with Gasteiger partial charge < -0.3 is 15.3 Å². The van der Waals surface area contributed by atoms with E-state index in [1.54, 1.807) is 0 Å². The molecule has 0 aromatic heterocycles. The number of amides is 1. The molecular weight excluding hydrogens is 252 g/mol. The van der Waals surface area contributed by atoms with Gasteiger partial charge in [-0.05, 0) is 36.5 Å². The van der Waals surface area contributed by atoms with E-state index >= 15 is 0 Å². The van der Waals surface area contributed by atoms with Crippen LogP contribution in [0.3, 0.4) is 0 Å². The van der Waals surface area contributed by atoms with Crippen molar-refractivity contribution in [1.82, 2.24) is 4.90 Å². The average molecular weight is 276 g/mol. The van der Waals surface area contributed by atoms with Crippen LogP contribution in [0.1, 0.15) is 32.3 Å². The van der Waals surface area contributed by atoms with E-state index < -0.39 is 0 Å². The van der Waals surface area contributed by atoms with Gasteiger partial charge >= 0.3 is 0 Å². The van der Waals surface area contributed by atoms with Crippen LogP contribution in [0, 0.1) is 5.92 Å². The molecule has 2 rings (SSSR count). The molecule has 0 aliphatic heterocycles. The maximum atomic E-state index is 12.3. The second-order valence-corrected chi connectivity index (χ2v) is 5.88. The van der Waals surface area contributed by atoms with Crippen molar-refractivity contribution in [3.05, 3.63) is 29.8 Å². The first kappa shape index (κ1) is 14.9. The Morgan fingerprint density at radius 3 is 2.80 bits per heavy atom. The Balaban J connectivity index is 1.89. The highest BCUT2D eigenvalue weighted by atomic mass is 16.3. The monoisotopic (exact) mass is 276 g/mol. The van der Waals surface area contributed by atoms with Gasteiger partial charge in [0.15, 0.2) is 0 Å². The summed E-state index contributed by atoms with van der Waals surface area (Å²) in [6.07, 6.45) is 2.27. The Morgan fingerprint density at radius 1 is 1.45 bits per heavy atom. The molecule has 110 valence electrons. The SMILES string of the molecule is CC(C)CN(C(=O)CNc1cccc(CO)c1)C1CC1. The third-order valence-corrected chi connectivity index (χ3v) is 3.42. The van der Waals surface area contributed by atoms with Gasteiger partial charge in [0, 0.05) is 18.3 Å². The summed E-state index contributed by atoms with van der Waals surface area (Å²) >= 11 is 0. The highest BCUT2D eigenvalue weighted by Crippen LogP contribution is 2.27. The van der Waals surface area contributed by atoms with Crippen LogP contribution in [0.5, 0.6) is 0 Å². The molecule has 1 saturated carbocycles. The van der Waals surface area contributed by atoms with E-state index in [0.29, 0.717) is 18.5 Å². The lowest BCUT2D eigenvalue weighted by molar-refractivity contribution is -0.130. The van der Waals surface area contributed by atoms with Crippen molar-refractivity contribution in [3.63, 3.8) is 0 Å². The number of rotatable bonds is 7. The number of carbonyl (C=O) groups excluding carboxylic acids is 1. The van der Waals surface area contributed by atoms with Gasteiger partial charge in [-0.1, -0.05) is 26.0 Å². The summed E-state index contributed by atoms with van der Waals surface area (Å²) in [5, 5.41) is 12.3. The van der Waals surface area contributed by atoms with Crippen LogP contribution in [-0.2, 0) is 11.4 Å². The Hall–Kier alpha value is -1.55. The first-order valence-corrected chi connectivity index (χ1v) is 7.33. The third-order valence-electron chi connectivity index (χ3n) is 3.42. The van der Waals surface area contributed by atoms with Crippen LogP contribution in [0.15, 0.2) is 24.3 Å². The number of benzene rings is 1. The Kier molecular flexibility index (Phi) is 5.01. The third kappa shape index (κ3) is 4.23. The first-order valence-electron chi connectivity index (χ1n) is 7.33. The quantitative estimate of drug-likeness (QED) is 0.803. The molecule has 0 unspecified atom stereocenters. The lowest BCUT2D eigenvalue weighted by Crippen LogP contribution is -2.39. The largest absolute Gasteiger partial charge is 0.392 e. The molecule has 1 aliphatic rings. The molecule has 0 heterocycles. The maximum Gasteiger partial charge on any atom is 0.242 e. The van der Waals surface area contributed by atoms with E-state index in [1.807, 2.05) is 29.2 Å². The number of anilines is 1. The lowest BCUT2D eigenvalue weighted by atomic mass is 10.2. The van der Waals surface area contributed by atoms with Gasteiger partial charge in [0.1, 0.15) is 0 Å². The smallest absolute Gasteiger partial charge is 0.242 e. The van der Waals surface area contributed by atoms with Gasteiger partial charge in [-0.15, -0.1) is 0 Å². The molecule has 1 amide bonds. The molecule has 4 heteroatoms. The van der Waals surface area contributed by atoms with Crippen LogP contribution in [-0.4, -0.2) is 35.0 Å². The van der Waals surface area contributed by atoms with E-state index in [9.17, 15) is 4.79 Å². The van der Waals surface area contributed by atoms with Crippen molar-refractivity contribution in [2.24, 2.45) is 5.92 Å². The fraction of sp³-hybridized carbons (Fsp3) is 0.562. The topological polar surface area (TPSA) is 52.6 Å². The van der Waals surface area contributed by atoms with Crippen molar-refractivity contribution in [2.75, 3.05) is 18.4 Å². The lowest BCUT2D eigenvalue weighted by Gasteiger charge is -2.24. The molecule has 0 atom stereocenters. The minimum atomic E-state index is 0.0189. The molecule has 1 fully saturated rings. The van der Waals surface area contributed by atoms with Gasteiger partial charge in [0.25, 0.3) is 0 Å². The van der Waals surface area contributed by atoms with Crippen molar-refractivity contribution >= 4 is 11.6 Å². The summed E-state index contributed by atoms with van der Waals surface area (Å²) < 4.78 is 0. The fourth-order valence-electron chi connectivity index (χ4n) is 2.29. The molecule has 1 aliphatic carbocycles. The summed E-state index contributed by atoms with van der Waals surface area (Å²) in [4.78, 5) is 14.3. The Bertz CT molecular complexity index is 456. The molecule has 4 nitrogen and oxygen atoms in total. The maximum absolute atomic E-state index is 12.3. The van der Waals surface area contributed by atoms with Gasteiger partial charge in [0.05, 0.1) is 13.2 Å². The van der Waals surface area contributed by atoms with E-state index in [4.69, 9.17) is 5.11 Å². The number of nitrogens with zero attached hydrogens (tertiary/aromatic N) is 1. The molecular formula is C16H24N2O2. The summed E-state index contributed by atoms with van der Waals surface area (Å²) in [5.41, 5.74) is 1.73. The molecule has 0 saturated heterocycles. The van der Waals surface area contributed by atoms with Gasteiger partial charge in [-0.3, -0.25) is 4.79 Å². The second kappa shape index (κ2) is 6.75. The summed E-state index contributed by atoms with van der Waals surface area (Å²) in [6, 6.07) is 7.98. The summed E-state index contributed by atoms with van der Waals surface area (Å²) in [5.74, 6) is 0.660. The highest BCUT2D eigenvalue weighted by molar-refractivity contribution is 5.81. The van der Waals surface area contributed by atoms with Crippen molar-refractivity contribution in [3.8, 4) is 0 Å². The summed E-state index contributed by atoms with van der Waals surface area (Å²) in [7, 11) is 0. The Labute approximate surface area is 120 Å². The number of aliphatic hydroxyl groups is 1. The minimum Gasteiger partial charge on any atom is -0.392 e. The van der Waals surface area contributed by atoms with Crippen molar-refractivity contribution in [1.29, 1.82) is 0 Å². The molecule has 0 bridgehead atoms. The standard InChI is InChI=1S/C16H24N2O2/c1-12(2)10-18(15-6-7-15)16(20)9-17-14-5-3-4-13(8-14)11-19/h3-5,8,12,15,17,19H,6-7,9-11H2,1-2H3. The normalized spacial score (nSPS) is 14.4. The van der Waals surface area contributed by atoms with Crippen LogP contribution < -0.4 is 5.32 Å². The van der Waals surface area contributed by atoms with E-state index in [2.05, 4.69) is 19.2 Å². The fourth-order valence-corrected chi connectivity index (χ4v) is 2.29. The number of aliphatic hydroxyl groups excluding tert-OH is 1. The molecule has 1 aromatic carbocycles. The molecule has 0 spiro atoms. The molecule has 20 heavy (non-hydrogen) atoms. The van der Waals surface area contributed by atoms with Gasteiger partial charge in [0.2, 0.25) is 5.91 Å². The zero-order valence-electron chi connectivity index (χ0n) is 12.3. The zero-order chi connectivity index (χ0) is 14.5. The predicted octanol–water partition coefficient (Wildman–Crippen LogP) is 2.24. The second-order valence-electron chi connectivity index (χ2n) is 5.88. The van der Waals surface area contributed by atoms with Crippen molar-refractivity contribution in [2.45, 2.75) is 39.3 Å². The van der Waals surface area contributed by atoms with Crippen LogP contribution >= 0.6 is 0 Å². The average Bonchev–Trinajstić information content (AvgIpc) is 3.26. The first-order chi connectivity index (χ1) is 9.60. The predicted molar refractivity (Wildman–Crippen MR) is 80.4 cm³/mol. The molecule has 2 N–H and O–H groups in total. The van der Waals surface area contributed by atoms with E-state index in [-0.39, 0.29) is 12.5 Å². The van der Waals surface area contributed by atoms with E-state index in [0.717, 1.165) is 30.6 Å². The van der Waals surface area contributed by atoms with Gasteiger partial charge in [-0.2, -0.15) is 0 Å². The van der Waals surface area contributed by atoms with Crippen LogP contribution in [0.25, 0.3) is 0 Å². The van der Waals surface area contributed by atoms with Gasteiger partial charge in [-0.25, -0.2) is 0 Å². The number of carbonyl (C=O) groups is 1. The number of nitrogens with one attached hydrogen (secondary N) is 1. The van der Waals surface area contributed by atoms with E-state index in [1.165, 1.54) is 0 Å².